The fourth-order valence-corrected chi connectivity index (χ4v) is 3.97. The SMILES string of the molecule is CCC(CNS(=O)(=O)c1c(F)cc(F)cc1Br)CC(=O)O. The normalized spacial score (nSPS) is 13.1. The molecule has 0 aliphatic rings. The van der Waals surface area contributed by atoms with Gasteiger partial charge in [-0.25, -0.2) is 21.9 Å². The molecule has 0 aliphatic carbocycles. The summed E-state index contributed by atoms with van der Waals surface area (Å²) in [6.07, 6.45) is 0.244. The van der Waals surface area contributed by atoms with Crippen LogP contribution in [0.5, 0.6) is 0 Å². The summed E-state index contributed by atoms with van der Waals surface area (Å²) in [5.41, 5.74) is 0. The van der Waals surface area contributed by atoms with Crippen molar-refractivity contribution in [3.8, 4) is 0 Å². The van der Waals surface area contributed by atoms with Crippen LogP contribution in [0.1, 0.15) is 19.8 Å². The smallest absolute Gasteiger partial charge is 0.303 e. The van der Waals surface area contributed by atoms with E-state index in [-0.39, 0.29) is 17.4 Å². The minimum absolute atomic E-state index is 0.144. The van der Waals surface area contributed by atoms with Crippen molar-refractivity contribution >= 4 is 31.9 Å². The van der Waals surface area contributed by atoms with Crippen LogP contribution in [0.2, 0.25) is 0 Å². The van der Waals surface area contributed by atoms with E-state index < -0.39 is 38.4 Å². The van der Waals surface area contributed by atoms with Crippen molar-refractivity contribution in [1.29, 1.82) is 0 Å². The van der Waals surface area contributed by atoms with E-state index in [0.29, 0.717) is 12.5 Å². The van der Waals surface area contributed by atoms with Crippen LogP contribution < -0.4 is 4.72 Å². The molecule has 0 saturated heterocycles. The Kier molecular flexibility index (Phi) is 6.24. The first-order valence-corrected chi connectivity index (χ1v) is 8.31. The zero-order valence-electron chi connectivity index (χ0n) is 11.1. The molecular weight excluding hydrogens is 372 g/mol. The van der Waals surface area contributed by atoms with Gasteiger partial charge in [-0.3, -0.25) is 4.79 Å². The largest absolute Gasteiger partial charge is 0.481 e. The molecular formula is C12H14BrF2NO4S. The van der Waals surface area contributed by atoms with Gasteiger partial charge in [0.05, 0.1) is 0 Å². The number of carboxylic acid groups (broad SMARTS) is 1. The summed E-state index contributed by atoms with van der Waals surface area (Å²) in [5.74, 6) is -3.59. The van der Waals surface area contributed by atoms with Crippen molar-refractivity contribution in [2.45, 2.75) is 24.7 Å². The second-order valence-electron chi connectivity index (χ2n) is 4.42. The zero-order chi connectivity index (χ0) is 16.2. The standard InChI is InChI=1S/C12H14BrF2NO4S/c1-2-7(3-11(17)18)6-16-21(19,20)12-9(13)4-8(14)5-10(12)15/h4-5,7,16H,2-3,6H2,1H3,(H,17,18). The molecule has 0 fully saturated rings. The number of nitrogens with one attached hydrogen (secondary N) is 1. The Balaban J connectivity index is 2.95. The van der Waals surface area contributed by atoms with Gasteiger partial charge in [0.25, 0.3) is 0 Å². The van der Waals surface area contributed by atoms with E-state index in [4.69, 9.17) is 5.11 Å². The van der Waals surface area contributed by atoms with E-state index >= 15 is 0 Å². The van der Waals surface area contributed by atoms with Crippen LogP contribution >= 0.6 is 15.9 Å². The van der Waals surface area contributed by atoms with Crippen LogP contribution in [0.15, 0.2) is 21.5 Å². The number of aliphatic carboxylic acids is 1. The van der Waals surface area contributed by atoms with Crippen molar-refractivity contribution in [2.24, 2.45) is 5.92 Å². The summed E-state index contributed by atoms with van der Waals surface area (Å²) in [6, 6.07) is 1.31. The summed E-state index contributed by atoms with van der Waals surface area (Å²) in [5, 5.41) is 8.69. The zero-order valence-corrected chi connectivity index (χ0v) is 13.5. The molecule has 1 atom stereocenters. The highest BCUT2D eigenvalue weighted by Gasteiger charge is 2.24. The van der Waals surface area contributed by atoms with Crippen LogP contribution in [0, 0.1) is 17.6 Å². The molecule has 1 aromatic rings. The fourth-order valence-electron chi connectivity index (χ4n) is 1.69. The van der Waals surface area contributed by atoms with Gasteiger partial charge >= 0.3 is 5.97 Å². The highest BCUT2D eigenvalue weighted by Crippen LogP contribution is 2.26. The average molecular weight is 386 g/mol. The van der Waals surface area contributed by atoms with Crippen molar-refractivity contribution in [3.05, 3.63) is 28.2 Å². The Morgan fingerprint density at radius 2 is 2.05 bits per heavy atom. The molecule has 0 radical (unpaired) electrons. The second-order valence-corrected chi connectivity index (χ2v) is 6.98. The summed E-state index contributed by atoms with van der Waals surface area (Å²) >= 11 is 2.80. The maximum atomic E-state index is 13.6. The van der Waals surface area contributed by atoms with Gasteiger partial charge in [0, 0.05) is 23.5 Å². The number of hydrogen-bond donors (Lipinski definition) is 2. The molecule has 1 aromatic carbocycles. The predicted molar refractivity (Wildman–Crippen MR) is 75.3 cm³/mol. The lowest BCUT2D eigenvalue weighted by molar-refractivity contribution is -0.138. The van der Waals surface area contributed by atoms with Gasteiger partial charge in [-0.15, -0.1) is 0 Å². The maximum Gasteiger partial charge on any atom is 0.303 e. The van der Waals surface area contributed by atoms with E-state index in [1.54, 1.807) is 6.92 Å². The van der Waals surface area contributed by atoms with Crippen molar-refractivity contribution in [1.82, 2.24) is 4.72 Å². The fraction of sp³-hybridized carbons (Fsp3) is 0.417. The number of sulfonamides is 1. The Hall–Kier alpha value is -1.06. The minimum Gasteiger partial charge on any atom is -0.481 e. The van der Waals surface area contributed by atoms with Crippen LogP contribution in [-0.2, 0) is 14.8 Å². The Bertz CT molecular complexity index is 613. The third-order valence-electron chi connectivity index (χ3n) is 2.83. The van der Waals surface area contributed by atoms with Gasteiger partial charge in [0.1, 0.15) is 16.5 Å². The first kappa shape index (κ1) is 18.0. The Morgan fingerprint density at radius 3 is 2.52 bits per heavy atom. The molecule has 1 unspecified atom stereocenters. The Morgan fingerprint density at radius 1 is 1.43 bits per heavy atom. The third-order valence-corrected chi connectivity index (χ3v) is 5.22. The molecule has 21 heavy (non-hydrogen) atoms. The Labute approximate surface area is 129 Å². The van der Waals surface area contributed by atoms with Gasteiger partial charge in [-0.1, -0.05) is 13.3 Å². The van der Waals surface area contributed by atoms with Crippen LogP contribution in [-0.4, -0.2) is 26.0 Å². The summed E-state index contributed by atoms with van der Waals surface area (Å²) in [6.45, 7) is 1.57. The van der Waals surface area contributed by atoms with E-state index in [1.807, 2.05) is 0 Å². The summed E-state index contributed by atoms with van der Waals surface area (Å²) in [7, 11) is -4.21. The van der Waals surface area contributed by atoms with Gasteiger partial charge in [-0.05, 0) is 27.9 Å². The highest BCUT2D eigenvalue weighted by atomic mass is 79.9. The van der Waals surface area contributed by atoms with Crippen LogP contribution in [0.25, 0.3) is 0 Å². The molecule has 9 heteroatoms. The number of hydrogen-bond acceptors (Lipinski definition) is 3. The monoisotopic (exact) mass is 385 g/mol. The topological polar surface area (TPSA) is 83.5 Å². The first-order chi connectivity index (χ1) is 9.67. The molecule has 0 aromatic heterocycles. The molecule has 5 nitrogen and oxygen atoms in total. The van der Waals surface area contributed by atoms with E-state index in [1.165, 1.54) is 0 Å². The quantitative estimate of drug-likeness (QED) is 0.755. The molecule has 1 rings (SSSR count). The molecule has 0 heterocycles. The van der Waals surface area contributed by atoms with E-state index in [0.717, 1.165) is 6.07 Å². The molecule has 0 amide bonds. The van der Waals surface area contributed by atoms with E-state index in [2.05, 4.69) is 20.7 Å². The lowest BCUT2D eigenvalue weighted by atomic mass is 10.0. The number of carboxylic acids is 1. The molecule has 118 valence electrons. The molecule has 2 N–H and O–H groups in total. The number of carbonyl (C=O) groups is 1. The molecule has 0 aliphatic heterocycles. The summed E-state index contributed by atoms with van der Waals surface area (Å²) in [4.78, 5) is 9.92. The van der Waals surface area contributed by atoms with Gasteiger partial charge in [0.15, 0.2) is 0 Å². The van der Waals surface area contributed by atoms with Crippen molar-refractivity contribution in [3.63, 3.8) is 0 Å². The number of halogens is 3. The van der Waals surface area contributed by atoms with Gasteiger partial charge in [-0.2, -0.15) is 0 Å². The lowest BCUT2D eigenvalue weighted by Gasteiger charge is -2.14. The highest BCUT2D eigenvalue weighted by molar-refractivity contribution is 9.10. The van der Waals surface area contributed by atoms with Crippen LogP contribution in [0.4, 0.5) is 8.78 Å². The first-order valence-electron chi connectivity index (χ1n) is 6.03. The lowest BCUT2D eigenvalue weighted by Crippen LogP contribution is -2.31. The number of rotatable bonds is 7. The second kappa shape index (κ2) is 7.28. The van der Waals surface area contributed by atoms with Crippen molar-refractivity contribution < 1.29 is 27.1 Å². The van der Waals surface area contributed by atoms with Crippen LogP contribution in [0.3, 0.4) is 0 Å². The molecule has 0 spiro atoms. The molecule has 0 saturated carbocycles. The predicted octanol–water partition coefficient (Wildman–Crippen LogP) is 2.51. The van der Waals surface area contributed by atoms with Gasteiger partial charge in [0.2, 0.25) is 10.0 Å². The number of benzene rings is 1. The van der Waals surface area contributed by atoms with E-state index in [9.17, 15) is 22.0 Å². The van der Waals surface area contributed by atoms with Gasteiger partial charge < -0.3 is 5.11 Å². The maximum absolute atomic E-state index is 13.6. The molecule has 0 bridgehead atoms. The average Bonchev–Trinajstić information content (AvgIpc) is 2.32. The van der Waals surface area contributed by atoms with Crippen molar-refractivity contribution in [2.75, 3.05) is 6.54 Å². The minimum atomic E-state index is -4.21. The summed E-state index contributed by atoms with van der Waals surface area (Å²) < 4.78 is 52.6. The third kappa shape index (κ3) is 5.01.